The van der Waals surface area contributed by atoms with Gasteiger partial charge in [-0.3, -0.25) is 4.84 Å². The monoisotopic (exact) mass is 447 g/mol. The van der Waals surface area contributed by atoms with E-state index >= 15 is 0 Å². The second kappa shape index (κ2) is 7.76. The van der Waals surface area contributed by atoms with E-state index in [9.17, 15) is 13.9 Å². The highest BCUT2D eigenvalue weighted by atomic mass is 127. The maximum absolute atomic E-state index is 13.7. The van der Waals surface area contributed by atoms with Crippen LogP contribution in [-0.2, 0) is 4.84 Å². The Morgan fingerprint density at radius 2 is 1.83 bits per heavy atom. The van der Waals surface area contributed by atoms with Gasteiger partial charge < -0.3 is 5.11 Å². The van der Waals surface area contributed by atoms with Gasteiger partial charge >= 0.3 is 0 Å². The van der Waals surface area contributed by atoms with Gasteiger partial charge in [-0.15, -0.1) is 0 Å². The molecule has 0 atom stereocenters. The van der Waals surface area contributed by atoms with E-state index in [1.165, 1.54) is 11.1 Å². The second-order valence-electron chi connectivity index (χ2n) is 6.15. The molecule has 1 N–H and O–H groups in total. The van der Waals surface area contributed by atoms with Crippen LogP contribution in [0.25, 0.3) is 0 Å². The molecule has 0 bridgehead atoms. The Morgan fingerprint density at radius 3 is 2.42 bits per heavy atom. The minimum absolute atomic E-state index is 0.0374. The molecule has 0 heterocycles. The van der Waals surface area contributed by atoms with Crippen molar-refractivity contribution in [2.24, 2.45) is 0 Å². The predicted octanol–water partition coefficient (Wildman–Crippen LogP) is 5.11. The van der Waals surface area contributed by atoms with Crippen molar-refractivity contribution >= 4 is 34.0 Å². The van der Waals surface area contributed by atoms with Crippen LogP contribution >= 0.6 is 22.6 Å². The molecule has 130 valence electrons. The van der Waals surface area contributed by atoms with Crippen molar-refractivity contribution in [3.8, 4) is 0 Å². The zero-order valence-corrected chi connectivity index (χ0v) is 16.0. The summed E-state index contributed by atoms with van der Waals surface area (Å²) in [6.07, 6.45) is 0.399. The molecule has 2 aromatic rings. The van der Waals surface area contributed by atoms with Crippen LogP contribution in [0.5, 0.6) is 0 Å². The fourth-order valence-corrected chi connectivity index (χ4v) is 2.91. The first-order valence-corrected chi connectivity index (χ1v) is 8.63. The van der Waals surface area contributed by atoms with Gasteiger partial charge in [0.2, 0.25) is 0 Å². The van der Waals surface area contributed by atoms with Crippen LogP contribution in [-0.4, -0.2) is 17.3 Å². The smallest absolute Gasteiger partial charge is 0.160 e. The van der Waals surface area contributed by atoms with Crippen molar-refractivity contribution in [1.82, 2.24) is 0 Å². The number of aliphatic hydroxyl groups is 1. The second-order valence-corrected chi connectivity index (χ2v) is 7.39. The molecule has 0 amide bonds. The zero-order valence-electron chi connectivity index (χ0n) is 13.8. The minimum atomic E-state index is -0.941. The molecule has 0 spiro atoms. The summed E-state index contributed by atoms with van der Waals surface area (Å²) in [6, 6.07) is 9.39. The van der Waals surface area contributed by atoms with E-state index in [1.54, 1.807) is 0 Å². The van der Waals surface area contributed by atoms with E-state index in [0.29, 0.717) is 12.1 Å². The number of hydrogen-bond donors (Lipinski definition) is 1. The van der Waals surface area contributed by atoms with Gasteiger partial charge in [0, 0.05) is 22.7 Å². The lowest BCUT2D eigenvalue weighted by molar-refractivity contribution is -0.0333. The molecule has 0 fully saturated rings. The number of aliphatic hydroxyl groups excluding tert-OH is 1. The zero-order chi connectivity index (χ0) is 17.9. The molecule has 0 unspecified atom stereocenters. The molecule has 0 aromatic heterocycles. The topological polar surface area (TPSA) is 32.7 Å². The van der Waals surface area contributed by atoms with Gasteiger partial charge in [-0.1, -0.05) is 0 Å². The van der Waals surface area contributed by atoms with Crippen LogP contribution in [0, 0.1) is 22.1 Å². The molecule has 0 aliphatic heterocycles. The number of halogens is 3. The number of hydrogen-bond acceptors (Lipinski definition) is 3. The predicted molar refractivity (Wildman–Crippen MR) is 99.3 cm³/mol. The number of rotatable bonds is 6. The highest BCUT2D eigenvalue weighted by molar-refractivity contribution is 14.1. The molecule has 0 saturated carbocycles. The van der Waals surface area contributed by atoms with Crippen molar-refractivity contribution in [3.05, 3.63) is 57.2 Å². The third-order valence-electron chi connectivity index (χ3n) is 3.57. The van der Waals surface area contributed by atoms with E-state index in [4.69, 9.17) is 4.84 Å². The van der Waals surface area contributed by atoms with Gasteiger partial charge in [-0.2, -0.15) is 0 Å². The Morgan fingerprint density at radius 1 is 1.12 bits per heavy atom. The summed E-state index contributed by atoms with van der Waals surface area (Å²) in [5.74, 6) is -1.85. The van der Waals surface area contributed by atoms with Crippen LogP contribution in [0.4, 0.5) is 20.2 Å². The molecule has 2 aromatic carbocycles. The first-order chi connectivity index (χ1) is 11.2. The fourth-order valence-electron chi connectivity index (χ4n) is 2.26. The Labute approximate surface area is 154 Å². The van der Waals surface area contributed by atoms with Crippen molar-refractivity contribution < 1.29 is 18.7 Å². The number of aryl methyl sites for hydroxylation is 1. The Kier molecular flexibility index (Phi) is 6.17. The Bertz CT molecular complexity index is 722. The highest BCUT2D eigenvalue weighted by Crippen LogP contribution is 2.33. The van der Waals surface area contributed by atoms with E-state index < -0.39 is 17.2 Å². The maximum Gasteiger partial charge on any atom is 0.160 e. The van der Waals surface area contributed by atoms with Crippen LogP contribution < -0.4 is 5.06 Å². The average Bonchev–Trinajstić information content (AvgIpc) is 2.48. The van der Waals surface area contributed by atoms with Crippen molar-refractivity contribution in [3.63, 3.8) is 0 Å². The number of anilines is 2. The third-order valence-corrected chi connectivity index (χ3v) is 4.24. The lowest BCUT2D eigenvalue weighted by Gasteiger charge is -2.34. The maximum atomic E-state index is 13.7. The molecule has 0 aliphatic rings. The van der Waals surface area contributed by atoms with Gasteiger partial charge in [-0.05, 0) is 79.3 Å². The van der Waals surface area contributed by atoms with E-state index in [2.05, 4.69) is 22.6 Å². The van der Waals surface area contributed by atoms with Crippen LogP contribution in [0.2, 0.25) is 0 Å². The first-order valence-electron chi connectivity index (χ1n) is 7.55. The summed E-state index contributed by atoms with van der Waals surface area (Å²) in [4.78, 5) is 6.05. The van der Waals surface area contributed by atoms with Crippen LogP contribution in [0.15, 0.2) is 36.4 Å². The molecule has 0 saturated heterocycles. The standard InChI is InChI=1S/C18H20F2INO2/c1-12-10-13(21)4-7-17(12)22(24-18(2,3)8-9-23)14-5-6-15(19)16(20)11-14/h4-7,10-11,23H,8-9H2,1-3H3. The quantitative estimate of drug-likeness (QED) is 0.494. The molecule has 6 heteroatoms. The Hall–Kier alpha value is -1.25. The van der Waals surface area contributed by atoms with Gasteiger partial charge in [0.25, 0.3) is 0 Å². The lowest BCUT2D eigenvalue weighted by Crippen LogP contribution is -2.34. The van der Waals surface area contributed by atoms with E-state index in [1.807, 2.05) is 39.0 Å². The minimum Gasteiger partial charge on any atom is -0.396 e. The first kappa shape index (κ1) is 19.1. The summed E-state index contributed by atoms with van der Waals surface area (Å²) >= 11 is 2.21. The SMILES string of the molecule is Cc1cc(I)ccc1N(OC(C)(C)CCO)c1ccc(F)c(F)c1. The molecule has 24 heavy (non-hydrogen) atoms. The van der Waals surface area contributed by atoms with E-state index in [0.717, 1.165) is 27.0 Å². The van der Waals surface area contributed by atoms with Gasteiger partial charge in [-0.25, -0.2) is 13.8 Å². The largest absolute Gasteiger partial charge is 0.396 e. The normalized spacial score (nSPS) is 11.6. The summed E-state index contributed by atoms with van der Waals surface area (Å²) in [5, 5.41) is 10.7. The van der Waals surface area contributed by atoms with Crippen molar-refractivity contribution in [2.45, 2.75) is 32.8 Å². The highest BCUT2D eigenvalue weighted by Gasteiger charge is 2.25. The van der Waals surface area contributed by atoms with Crippen LogP contribution in [0.3, 0.4) is 0 Å². The number of benzene rings is 2. The van der Waals surface area contributed by atoms with Crippen molar-refractivity contribution in [2.75, 3.05) is 11.7 Å². The third kappa shape index (κ3) is 4.64. The van der Waals surface area contributed by atoms with Gasteiger partial charge in [0.05, 0.1) is 17.0 Å². The molecule has 3 nitrogen and oxygen atoms in total. The summed E-state index contributed by atoms with van der Waals surface area (Å²) in [5.41, 5.74) is 1.36. The summed E-state index contributed by atoms with van der Waals surface area (Å²) in [7, 11) is 0. The molecule has 0 aliphatic carbocycles. The van der Waals surface area contributed by atoms with Crippen LogP contribution in [0.1, 0.15) is 25.8 Å². The molecule has 2 rings (SSSR count). The van der Waals surface area contributed by atoms with Crippen molar-refractivity contribution in [1.29, 1.82) is 0 Å². The fraction of sp³-hybridized carbons (Fsp3) is 0.333. The molecule has 0 radical (unpaired) electrons. The molecular weight excluding hydrogens is 427 g/mol. The number of nitrogens with zero attached hydrogens (tertiary/aromatic N) is 1. The Balaban J connectivity index is 2.50. The molecular formula is C18H20F2INO2. The van der Waals surface area contributed by atoms with E-state index in [-0.39, 0.29) is 6.61 Å². The summed E-state index contributed by atoms with van der Waals surface area (Å²) < 4.78 is 28.1. The summed E-state index contributed by atoms with van der Waals surface area (Å²) in [6.45, 7) is 5.55. The van der Waals surface area contributed by atoms with Gasteiger partial charge in [0.1, 0.15) is 0 Å². The average molecular weight is 447 g/mol. The lowest BCUT2D eigenvalue weighted by atomic mass is 10.1. The van der Waals surface area contributed by atoms with Gasteiger partial charge in [0.15, 0.2) is 11.6 Å².